The van der Waals surface area contributed by atoms with Crippen molar-refractivity contribution in [3.05, 3.63) is 71.8 Å². The first kappa shape index (κ1) is 16.3. The molecule has 4 nitrogen and oxygen atoms in total. The highest BCUT2D eigenvalue weighted by Crippen LogP contribution is 2.46. The third-order valence-corrected chi connectivity index (χ3v) is 5.18. The molecule has 0 radical (unpaired) electrons. The molecule has 0 N–H and O–H groups in total. The van der Waals surface area contributed by atoms with Crippen LogP contribution in [0.4, 0.5) is 0 Å². The summed E-state index contributed by atoms with van der Waals surface area (Å²) in [6.07, 6.45) is -0.220. The van der Waals surface area contributed by atoms with Gasteiger partial charge in [-0.15, -0.1) is 0 Å². The zero-order valence-corrected chi connectivity index (χ0v) is 14.2. The standard InChI is InChI=1S/C21H23NO3/c23-21-18(15-22-11-13-24-14-12-22)19(16-7-3-1-4-8-16)20(25-21)17-9-5-2-6-10-17/h1-10,18-20H,11-15H2/t18-,19-,20+/m1/s1. The maximum absolute atomic E-state index is 12.7. The van der Waals surface area contributed by atoms with Gasteiger partial charge in [0.05, 0.1) is 19.1 Å². The summed E-state index contributed by atoms with van der Waals surface area (Å²) < 4.78 is 11.3. The molecular weight excluding hydrogens is 314 g/mol. The van der Waals surface area contributed by atoms with Gasteiger partial charge in [-0.1, -0.05) is 60.7 Å². The van der Waals surface area contributed by atoms with Crippen LogP contribution in [0.2, 0.25) is 0 Å². The smallest absolute Gasteiger partial charge is 0.311 e. The van der Waals surface area contributed by atoms with Crippen LogP contribution < -0.4 is 0 Å². The molecule has 0 aliphatic carbocycles. The first-order valence-electron chi connectivity index (χ1n) is 8.93. The second-order valence-corrected chi connectivity index (χ2v) is 6.72. The van der Waals surface area contributed by atoms with Gasteiger partial charge in [-0.2, -0.15) is 0 Å². The molecule has 0 unspecified atom stereocenters. The number of rotatable bonds is 4. The molecule has 2 aliphatic heterocycles. The van der Waals surface area contributed by atoms with Gasteiger partial charge in [0.15, 0.2) is 0 Å². The Kier molecular flexibility index (Phi) is 4.81. The Labute approximate surface area is 148 Å². The number of hydrogen-bond acceptors (Lipinski definition) is 4. The number of hydrogen-bond donors (Lipinski definition) is 0. The van der Waals surface area contributed by atoms with Crippen molar-refractivity contribution in [3.8, 4) is 0 Å². The van der Waals surface area contributed by atoms with E-state index in [0.717, 1.165) is 38.4 Å². The van der Waals surface area contributed by atoms with Gasteiger partial charge in [0, 0.05) is 25.6 Å². The van der Waals surface area contributed by atoms with E-state index in [9.17, 15) is 4.79 Å². The summed E-state index contributed by atoms with van der Waals surface area (Å²) in [5.74, 6) is -0.196. The summed E-state index contributed by atoms with van der Waals surface area (Å²) in [5, 5.41) is 0. The molecular formula is C21H23NO3. The van der Waals surface area contributed by atoms with Crippen molar-refractivity contribution in [1.29, 1.82) is 0 Å². The SMILES string of the molecule is O=C1O[C@@H](c2ccccc2)[C@H](c2ccccc2)[C@H]1CN1CCOCC1. The van der Waals surface area contributed by atoms with Crippen LogP contribution in [0.3, 0.4) is 0 Å². The third kappa shape index (κ3) is 3.46. The Balaban J connectivity index is 1.65. The lowest BCUT2D eigenvalue weighted by atomic mass is 9.81. The van der Waals surface area contributed by atoms with Gasteiger partial charge in [-0.3, -0.25) is 9.69 Å². The Hall–Kier alpha value is -2.17. The molecule has 2 aliphatic rings. The molecule has 2 fully saturated rings. The Morgan fingerprint density at radius 2 is 1.48 bits per heavy atom. The molecule has 3 atom stereocenters. The van der Waals surface area contributed by atoms with E-state index in [0.29, 0.717) is 0 Å². The van der Waals surface area contributed by atoms with E-state index < -0.39 is 0 Å². The Morgan fingerprint density at radius 3 is 2.12 bits per heavy atom. The fraction of sp³-hybridized carbons (Fsp3) is 0.381. The lowest BCUT2D eigenvalue weighted by molar-refractivity contribution is -0.145. The van der Waals surface area contributed by atoms with Gasteiger partial charge in [0.25, 0.3) is 0 Å². The third-order valence-electron chi connectivity index (χ3n) is 5.18. The highest BCUT2D eigenvalue weighted by Gasteiger charge is 2.46. The van der Waals surface area contributed by atoms with Crippen molar-refractivity contribution >= 4 is 5.97 Å². The minimum absolute atomic E-state index is 0.0407. The molecule has 0 saturated carbocycles. The monoisotopic (exact) mass is 337 g/mol. The molecule has 2 heterocycles. The largest absolute Gasteiger partial charge is 0.457 e. The van der Waals surface area contributed by atoms with Crippen LogP contribution in [0.15, 0.2) is 60.7 Å². The maximum Gasteiger partial charge on any atom is 0.311 e. The molecule has 2 saturated heterocycles. The number of esters is 1. The molecule has 4 heteroatoms. The lowest BCUT2D eigenvalue weighted by Crippen LogP contribution is -2.41. The summed E-state index contributed by atoms with van der Waals surface area (Å²) in [5.41, 5.74) is 2.23. The molecule has 0 bridgehead atoms. The first-order chi connectivity index (χ1) is 12.3. The zero-order chi connectivity index (χ0) is 17.1. The topological polar surface area (TPSA) is 38.8 Å². The van der Waals surface area contributed by atoms with Crippen molar-refractivity contribution < 1.29 is 14.3 Å². The highest BCUT2D eigenvalue weighted by atomic mass is 16.6. The van der Waals surface area contributed by atoms with Gasteiger partial charge in [-0.25, -0.2) is 0 Å². The fourth-order valence-corrected chi connectivity index (χ4v) is 3.89. The number of morpholine rings is 1. The predicted octanol–water partition coefficient (Wildman–Crippen LogP) is 3.02. The fourth-order valence-electron chi connectivity index (χ4n) is 3.89. The van der Waals surface area contributed by atoms with E-state index in [1.807, 2.05) is 48.5 Å². The van der Waals surface area contributed by atoms with Crippen molar-refractivity contribution in [3.63, 3.8) is 0 Å². The highest BCUT2D eigenvalue weighted by molar-refractivity contribution is 5.77. The lowest BCUT2D eigenvalue weighted by Gasteiger charge is -2.30. The minimum atomic E-state index is -0.220. The molecule has 2 aromatic carbocycles. The van der Waals surface area contributed by atoms with E-state index in [1.54, 1.807) is 0 Å². The van der Waals surface area contributed by atoms with Crippen LogP contribution in [0.25, 0.3) is 0 Å². The van der Waals surface area contributed by atoms with Crippen LogP contribution >= 0.6 is 0 Å². The van der Waals surface area contributed by atoms with E-state index in [2.05, 4.69) is 17.0 Å². The van der Waals surface area contributed by atoms with Gasteiger partial charge in [0.2, 0.25) is 0 Å². The summed E-state index contributed by atoms with van der Waals surface area (Å²) in [7, 11) is 0. The Bertz CT molecular complexity index is 698. The quantitative estimate of drug-likeness (QED) is 0.804. The van der Waals surface area contributed by atoms with Crippen LogP contribution in [0, 0.1) is 5.92 Å². The van der Waals surface area contributed by atoms with Crippen LogP contribution in [0.1, 0.15) is 23.1 Å². The number of ether oxygens (including phenoxy) is 2. The summed E-state index contributed by atoms with van der Waals surface area (Å²) in [6, 6.07) is 20.4. The van der Waals surface area contributed by atoms with E-state index in [-0.39, 0.29) is 23.9 Å². The average molecular weight is 337 g/mol. The number of nitrogens with zero attached hydrogens (tertiary/aromatic N) is 1. The van der Waals surface area contributed by atoms with E-state index >= 15 is 0 Å². The van der Waals surface area contributed by atoms with Gasteiger partial charge in [-0.05, 0) is 11.1 Å². The number of cyclic esters (lactones) is 1. The second-order valence-electron chi connectivity index (χ2n) is 6.72. The summed E-state index contributed by atoms with van der Waals surface area (Å²) >= 11 is 0. The maximum atomic E-state index is 12.7. The summed E-state index contributed by atoms with van der Waals surface area (Å²) in [6.45, 7) is 3.95. The van der Waals surface area contributed by atoms with E-state index in [1.165, 1.54) is 5.56 Å². The first-order valence-corrected chi connectivity index (χ1v) is 8.93. The minimum Gasteiger partial charge on any atom is -0.457 e. The molecule has 0 spiro atoms. The molecule has 0 amide bonds. The average Bonchev–Trinajstić information content (AvgIpc) is 3.00. The molecule has 4 rings (SSSR count). The second kappa shape index (κ2) is 7.38. The summed E-state index contributed by atoms with van der Waals surface area (Å²) in [4.78, 5) is 15.1. The number of carbonyl (C=O) groups excluding carboxylic acids is 1. The zero-order valence-electron chi connectivity index (χ0n) is 14.2. The van der Waals surface area contributed by atoms with Gasteiger partial charge in [0.1, 0.15) is 6.10 Å². The van der Waals surface area contributed by atoms with Crippen molar-refractivity contribution in [2.75, 3.05) is 32.8 Å². The van der Waals surface area contributed by atoms with Crippen molar-refractivity contribution in [2.24, 2.45) is 5.92 Å². The van der Waals surface area contributed by atoms with Crippen LogP contribution in [0.5, 0.6) is 0 Å². The van der Waals surface area contributed by atoms with Crippen LogP contribution in [-0.2, 0) is 14.3 Å². The number of benzene rings is 2. The van der Waals surface area contributed by atoms with Crippen LogP contribution in [-0.4, -0.2) is 43.7 Å². The van der Waals surface area contributed by atoms with Gasteiger partial charge < -0.3 is 9.47 Å². The molecule has 130 valence electrons. The molecule has 2 aromatic rings. The van der Waals surface area contributed by atoms with Gasteiger partial charge >= 0.3 is 5.97 Å². The van der Waals surface area contributed by atoms with E-state index in [4.69, 9.17) is 9.47 Å². The van der Waals surface area contributed by atoms with Crippen molar-refractivity contribution in [2.45, 2.75) is 12.0 Å². The molecule has 25 heavy (non-hydrogen) atoms. The van der Waals surface area contributed by atoms with Crippen molar-refractivity contribution in [1.82, 2.24) is 4.90 Å². The number of carbonyl (C=O) groups is 1. The normalized spacial score (nSPS) is 27.2. The molecule has 0 aromatic heterocycles. The predicted molar refractivity (Wildman–Crippen MR) is 95.2 cm³/mol. The Morgan fingerprint density at radius 1 is 0.880 bits per heavy atom.